The molecule has 150 valence electrons. The van der Waals surface area contributed by atoms with Crippen LogP contribution in [0.2, 0.25) is 0 Å². The third-order valence-corrected chi connectivity index (χ3v) is 5.74. The van der Waals surface area contributed by atoms with E-state index in [2.05, 4.69) is 4.98 Å². The fourth-order valence-corrected chi connectivity index (χ4v) is 4.12. The van der Waals surface area contributed by atoms with Crippen LogP contribution in [0.15, 0.2) is 53.1 Å². The van der Waals surface area contributed by atoms with E-state index in [0.717, 1.165) is 11.8 Å². The molecule has 0 amide bonds. The molecule has 0 radical (unpaired) electrons. The number of ether oxygens (including phenoxy) is 1. The highest BCUT2D eigenvalue weighted by molar-refractivity contribution is 7.92. The second-order valence-electron chi connectivity index (χ2n) is 6.66. The van der Waals surface area contributed by atoms with Crippen LogP contribution in [0.3, 0.4) is 0 Å². The van der Waals surface area contributed by atoms with Gasteiger partial charge in [-0.15, -0.1) is 0 Å². The SMILES string of the molecule is CS(=O)(=O)N1CCc2cc(C(=O)OCc3coc(-c4ccc(F)cc4)n3)ccc21. The Morgan fingerprint density at radius 1 is 1.24 bits per heavy atom. The number of carbonyl (C=O) groups excluding carboxylic acids is 1. The summed E-state index contributed by atoms with van der Waals surface area (Å²) >= 11 is 0. The average Bonchev–Trinajstić information content (AvgIpc) is 3.33. The lowest BCUT2D eigenvalue weighted by atomic mass is 10.1. The van der Waals surface area contributed by atoms with Crippen molar-refractivity contribution < 1.29 is 26.8 Å². The summed E-state index contributed by atoms with van der Waals surface area (Å²) in [6.07, 6.45) is 3.06. The van der Waals surface area contributed by atoms with Crippen molar-refractivity contribution in [2.45, 2.75) is 13.0 Å². The molecule has 0 atom stereocenters. The summed E-state index contributed by atoms with van der Waals surface area (Å²) in [5.41, 5.74) is 2.73. The van der Waals surface area contributed by atoms with Crippen LogP contribution < -0.4 is 4.31 Å². The predicted molar refractivity (Wildman–Crippen MR) is 103 cm³/mol. The standard InChI is InChI=1S/C20H17FN2O5S/c1-29(25,26)23-9-8-14-10-15(4-7-18(14)23)20(24)28-12-17-11-27-19(22-17)13-2-5-16(21)6-3-13/h2-7,10-11H,8-9,12H2,1H3. The normalized spacial score (nSPS) is 13.4. The minimum atomic E-state index is -3.34. The van der Waals surface area contributed by atoms with Crippen molar-refractivity contribution in [2.75, 3.05) is 17.1 Å². The number of hydrogen-bond acceptors (Lipinski definition) is 6. The maximum absolute atomic E-state index is 13.0. The monoisotopic (exact) mass is 416 g/mol. The second kappa shape index (κ2) is 7.32. The van der Waals surface area contributed by atoms with E-state index in [9.17, 15) is 17.6 Å². The van der Waals surface area contributed by atoms with Crippen molar-refractivity contribution in [1.29, 1.82) is 0 Å². The summed E-state index contributed by atoms with van der Waals surface area (Å²) in [4.78, 5) is 16.6. The number of sulfonamides is 1. The molecule has 1 aliphatic heterocycles. The zero-order valence-electron chi connectivity index (χ0n) is 15.5. The molecule has 3 aromatic rings. The van der Waals surface area contributed by atoms with E-state index in [1.165, 1.54) is 28.8 Å². The quantitative estimate of drug-likeness (QED) is 0.594. The minimum absolute atomic E-state index is 0.0872. The topological polar surface area (TPSA) is 89.7 Å². The average molecular weight is 416 g/mol. The first-order chi connectivity index (χ1) is 13.8. The number of oxazole rings is 1. The van der Waals surface area contributed by atoms with Crippen LogP contribution in [0.25, 0.3) is 11.5 Å². The predicted octanol–water partition coefficient (Wildman–Crippen LogP) is 3.16. The van der Waals surface area contributed by atoms with Crippen LogP contribution in [-0.4, -0.2) is 32.2 Å². The highest BCUT2D eigenvalue weighted by Gasteiger charge is 2.27. The first-order valence-corrected chi connectivity index (χ1v) is 10.6. The van der Waals surface area contributed by atoms with Crippen LogP contribution in [0.4, 0.5) is 10.1 Å². The van der Waals surface area contributed by atoms with Gasteiger partial charge in [-0.05, 0) is 54.4 Å². The fourth-order valence-electron chi connectivity index (χ4n) is 3.16. The molecule has 29 heavy (non-hydrogen) atoms. The molecule has 1 aromatic heterocycles. The molecular formula is C20H17FN2O5S. The van der Waals surface area contributed by atoms with E-state index in [0.29, 0.717) is 41.4 Å². The maximum atomic E-state index is 13.0. The van der Waals surface area contributed by atoms with Crippen LogP contribution in [-0.2, 0) is 27.8 Å². The second-order valence-corrected chi connectivity index (χ2v) is 8.56. The zero-order valence-corrected chi connectivity index (χ0v) is 16.3. The summed E-state index contributed by atoms with van der Waals surface area (Å²) < 4.78 is 48.5. The van der Waals surface area contributed by atoms with E-state index in [4.69, 9.17) is 9.15 Å². The van der Waals surface area contributed by atoms with Crippen LogP contribution >= 0.6 is 0 Å². The molecule has 0 fully saturated rings. The molecular weight excluding hydrogens is 399 g/mol. The Balaban J connectivity index is 1.43. The third-order valence-electron chi connectivity index (χ3n) is 4.56. The molecule has 4 rings (SSSR count). The van der Waals surface area contributed by atoms with Gasteiger partial charge in [-0.3, -0.25) is 4.31 Å². The van der Waals surface area contributed by atoms with Crippen LogP contribution in [0.1, 0.15) is 21.6 Å². The highest BCUT2D eigenvalue weighted by atomic mass is 32.2. The van der Waals surface area contributed by atoms with Crippen molar-refractivity contribution in [1.82, 2.24) is 4.98 Å². The lowest BCUT2D eigenvalue weighted by Crippen LogP contribution is -2.27. The molecule has 0 aliphatic carbocycles. The molecule has 0 spiro atoms. The number of nitrogens with zero attached hydrogens (tertiary/aromatic N) is 2. The van der Waals surface area contributed by atoms with E-state index in [1.807, 2.05) is 0 Å². The first-order valence-electron chi connectivity index (χ1n) is 8.79. The van der Waals surface area contributed by atoms with Gasteiger partial charge in [0.2, 0.25) is 15.9 Å². The number of hydrogen-bond donors (Lipinski definition) is 0. The zero-order chi connectivity index (χ0) is 20.6. The molecule has 9 heteroatoms. The number of benzene rings is 2. The van der Waals surface area contributed by atoms with Gasteiger partial charge in [-0.2, -0.15) is 0 Å². The number of esters is 1. The number of anilines is 1. The Morgan fingerprint density at radius 2 is 2.00 bits per heavy atom. The van der Waals surface area contributed by atoms with E-state index in [1.54, 1.807) is 24.3 Å². The van der Waals surface area contributed by atoms with Crippen molar-refractivity contribution in [3.63, 3.8) is 0 Å². The van der Waals surface area contributed by atoms with Gasteiger partial charge in [0, 0.05) is 12.1 Å². The van der Waals surface area contributed by atoms with E-state index in [-0.39, 0.29) is 12.4 Å². The number of carbonyl (C=O) groups is 1. The number of halogens is 1. The summed E-state index contributed by atoms with van der Waals surface area (Å²) in [5.74, 6) is -0.602. The van der Waals surface area contributed by atoms with Gasteiger partial charge in [0.15, 0.2) is 0 Å². The smallest absolute Gasteiger partial charge is 0.338 e. The van der Waals surface area contributed by atoms with Crippen molar-refractivity contribution >= 4 is 21.7 Å². The van der Waals surface area contributed by atoms with Crippen molar-refractivity contribution in [3.8, 4) is 11.5 Å². The lowest BCUT2D eigenvalue weighted by molar-refractivity contribution is 0.0467. The van der Waals surface area contributed by atoms with Gasteiger partial charge in [0.05, 0.1) is 17.5 Å². The van der Waals surface area contributed by atoms with Crippen molar-refractivity contribution in [3.05, 3.63) is 71.4 Å². The Kier molecular flexibility index (Phi) is 4.83. The van der Waals surface area contributed by atoms with E-state index >= 15 is 0 Å². The molecule has 1 aliphatic rings. The van der Waals surface area contributed by atoms with Crippen LogP contribution in [0, 0.1) is 5.82 Å². The van der Waals surface area contributed by atoms with Gasteiger partial charge in [-0.1, -0.05) is 0 Å². The summed E-state index contributed by atoms with van der Waals surface area (Å²) in [7, 11) is -3.34. The van der Waals surface area contributed by atoms with E-state index < -0.39 is 16.0 Å². The summed E-state index contributed by atoms with van der Waals surface area (Å²) in [6, 6.07) is 10.5. The number of rotatable bonds is 5. The van der Waals surface area contributed by atoms with Crippen molar-refractivity contribution in [2.24, 2.45) is 0 Å². The number of fused-ring (bicyclic) bond motifs is 1. The highest BCUT2D eigenvalue weighted by Crippen LogP contribution is 2.31. The lowest BCUT2D eigenvalue weighted by Gasteiger charge is -2.16. The molecule has 0 N–H and O–H groups in total. The molecule has 0 saturated carbocycles. The Labute approximate surface area is 166 Å². The summed E-state index contributed by atoms with van der Waals surface area (Å²) in [5, 5.41) is 0. The molecule has 0 unspecified atom stereocenters. The van der Waals surface area contributed by atoms with Crippen LogP contribution in [0.5, 0.6) is 0 Å². The fraction of sp³-hybridized carbons (Fsp3) is 0.200. The molecule has 0 bridgehead atoms. The van der Waals surface area contributed by atoms with Gasteiger partial charge in [-0.25, -0.2) is 22.6 Å². The first kappa shape index (κ1) is 19.1. The van der Waals surface area contributed by atoms with Gasteiger partial charge >= 0.3 is 5.97 Å². The molecule has 7 nitrogen and oxygen atoms in total. The summed E-state index contributed by atoms with van der Waals surface area (Å²) in [6.45, 7) is 0.272. The Bertz CT molecular complexity index is 1170. The van der Waals surface area contributed by atoms with Gasteiger partial charge in [0.25, 0.3) is 0 Å². The molecule has 2 aromatic carbocycles. The maximum Gasteiger partial charge on any atom is 0.338 e. The van der Waals surface area contributed by atoms with Gasteiger partial charge in [0.1, 0.15) is 24.4 Å². The molecule has 2 heterocycles. The number of aromatic nitrogens is 1. The largest absolute Gasteiger partial charge is 0.455 e. The Hall–Kier alpha value is -3.20. The Morgan fingerprint density at radius 3 is 2.72 bits per heavy atom. The third kappa shape index (κ3) is 4.00. The molecule has 0 saturated heterocycles. The minimum Gasteiger partial charge on any atom is -0.455 e. The van der Waals surface area contributed by atoms with Gasteiger partial charge < -0.3 is 9.15 Å².